The van der Waals surface area contributed by atoms with E-state index in [9.17, 15) is 8.78 Å². The van der Waals surface area contributed by atoms with Crippen molar-refractivity contribution in [2.45, 2.75) is 25.7 Å². The van der Waals surface area contributed by atoms with Crippen LogP contribution < -0.4 is 0 Å². The van der Waals surface area contributed by atoms with Gasteiger partial charge in [-0.15, -0.1) is 0 Å². The molecule has 0 radical (unpaired) electrons. The van der Waals surface area contributed by atoms with E-state index >= 15 is 0 Å². The summed E-state index contributed by atoms with van der Waals surface area (Å²) in [5.41, 5.74) is -0.00380. The molecule has 0 bridgehead atoms. The maximum absolute atomic E-state index is 13.2. The van der Waals surface area contributed by atoms with Gasteiger partial charge in [-0.3, -0.25) is 0 Å². The van der Waals surface area contributed by atoms with Gasteiger partial charge in [-0.1, -0.05) is 12.7 Å². The second-order valence-electron chi connectivity index (χ2n) is 3.75. The quantitative estimate of drug-likeness (QED) is 0.736. The molecule has 1 rings (SSSR count). The van der Waals surface area contributed by atoms with Gasteiger partial charge in [0.2, 0.25) is 0 Å². The van der Waals surface area contributed by atoms with Crippen molar-refractivity contribution in [2.24, 2.45) is 0 Å². The number of alkyl halides is 2. The third kappa shape index (κ3) is 3.08. The number of methoxy groups -OCH3 is 1. The number of allylic oxidation sites excluding steroid dienone is 3. The Morgan fingerprint density at radius 3 is 2.75 bits per heavy atom. The molecule has 0 aliphatic carbocycles. The van der Waals surface area contributed by atoms with Crippen molar-refractivity contribution in [3.8, 4) is 0 Å². The molecule has 2 nitrogen and oxygen atoms in total. The lowest BCUT2D eigenvalue weighted by Gasteiger charge is -2.25. The Kier molecular flexibility index (Phi) is 4.10. The summed E-state index contributed by atoms with van der Waals surface area (Å²) in [6.45, 7) is 5.26. The SMILES string of the molecule is C=CN1CCC/C=C(C(C)(F)F)/C=C\1OC. The van der Waals surface area contributed by atoms with E-state index in [2.05, 4.69) is 6.58 Å². The van der Waals surface area contributed by atoms with E-state index in [4.69, 9.17) is 4.74 Å². The van der Waals surface area contributed by atoms with Gasteiger partial charge in [0.15, 0.2) is 5.88 Å². The van der Waals surface area contributed by atoms with Gasteiger partial charge in [-0.25, -0.2) is 8.78 Å². The van der Waals surface area contributed by atoms with E-state index in [0.29, 0.717) is 12.3 Å². The standard InChI is InChI=1S/C12H17F2NO/c1-4-15-8-6-5-7-10(12(2,13)14)9-11(15)16-3/h4,7,9H,1,5-6,8H2,2-3H3/b10-7-,11-9+. The zero-order chi connectivity index (χ0) is 12.2. The first-order valence-electron chi connectivity index (χ1n) is 5.22. The molecule has 0 aromatic heterocycles. The monoisotopic (exact) mass is 229 g/mol. The number of nitrogens with zero attached hydrogens (tertiary/aromatic N) is 1. The highest BCUT2D eigenvalue weighted by molar-refractivity contribution is 5.28. The van der Waals surface area contributed by atoms with Crippen LogP contribution in [0, 0.1) is 0 Å². The molecule has 0 amide bonds. The van der Waals surface area contributed by atoms with Crippen LogP contribution in [0.1, 0.15) is 19.8 Å². The Balaban J connectivity index is 3.05. The fraction of sp³-hybridized carbons (Fsp3) is 0.500. The lowest BCUT2D eigenvalue weighted by Crippen LogP contribution is -2.22. The molecule has 0 atom stereocenters. The Labute approximate surface area is 94.9 Å². The van der Waals surface area contributed by atoms with Gasteiger partial charge in [0.25, 0.3) is 5.92 Å². The van der Waals surface area contributed by atoms with E-state index in [1.54, 1.807) is 17.2 Å². The van der Waals surface area contributed by atoms with Crippen LogP contribution in [0.5, 0.6) is 0 Å². The van der Waals surface area contributed by atoms with Crippen molar-refractivity contribution in [1.82, 2.24) is 4.90 Å². The van der Waals surface area contributed by atoms with Crippen molar-refractivity contribution >= 4 is 0 Å². The van der Waals surface area contributed by atoms with Gasteiger partial charge < -0.3 is 9.64 Å². The topological polar surface area (TPSA) is 12.5 Å². The second kappa shape index (κ2) is 5.14. The normalized spacial score (nSPS) is 24.6. The Bertz CT molecular complexity index is 315. The summed E-state index contributed by atoms with van der Waals surface area (Å²) in [6.07, 6.45) is 5.97. The van der Waals surface area contributed by atoms with E-state index in [-0.39, 0.29) is 5.57 Å². The molecule has 0 fully saturated rings. The Morgan fingerprint density at radius 2 is 2.25 bits per heavy atom. The zero-order valence-electron chi connectivity index (χ0n) is 9.67. The highest BCUT2D eigenvalue weighted by atomic mass is 19.3. The van der Waals surface area contributed by atoms with E-state index in [1.165, 1.54) is 13.2 Å². The molecule has 0 aromatic rings. The maximum atomic E-state index is 13.2. The van der Waals surface area contributed by atoms with Crippen molar-refractivity contribution in [3.05, 3.63) is 36.4 Å². The summed E-state index contributed by atoms with van der Waals surface area (Å²) in [7, 11) is 1.47. The molecule has 0 aromatic carbocycles. The van der Waals surface area contributed by atoms with Crippen molar-refractivity contribution in [3.63, 3.8) is 0 Å². The fourth-order valence-electron chi connectivity index (χ4n) is 1.57. The largest absolute Gasteiger partial charge is 0.482 e. The van der Waals surface area contributed by atoms with Gasteiger partial charge in [-0.2, -0.15) is 0 Å². The molecule has 4 heteroatoms. The summed E-state index contributed by atoms with van der Waals surface area (Å²) in [5, 5.41) is 0. The molecule has 0 saturated carbocycles. The minimum atomic E-state index is -2.84. The molecular weight excluding hydrogens is 212 g/mol. The second-order valence-corrected chi connectivity index (χ2v) is 3.75. The predicted octanol–water partition coefficient (Wildman–Crippen LogP) is 3.30. The number of hydrogen-bond acceptors (Lipinski definition) is 2. The van der Waals surface area contributed by atoms with Gasteiger partial charge in [0.1, 0.15) is 0 Å². The van der Waals surface area contributed by atoms with Crippen LogP contribution in [-0.4, -0.2) is 24.5 Å². The van der Waals surface area contributed by atoms with Crippen LogP contribution in [0.15, 0.2) is 36.4 Å². The van der Waals surface area contributed by atoms with Gasteiger partial charge >= 0.3 is 0 Å². The van der Waals surface area contributed by atoms with Crippen molar-refractivity contribution in [1.29, 1.82) is 0 Å². The van der Waals surface area contributed by atoms with Crippen LogP contribution in [0.2, 0.25) is 0 Å². The molecule has 0 N–H and O–H groups in total. The smallest absolute Gasteiger partial charge is 0.270 e. The molecule has 90 valence electrons. The Hall–Kier alpha value is -1.32. The first-order valence-corrected chi connectivity index (χ1v) is 5.22. The lowest BCUT2D eigenvalue weighted by molar-refractivity contribution is 0.0651. The van der Waals surface area contributed by atoms with E-state index in [0.717, 1.165) is 19.9 Å². The highest BCUT2D eigenvalue weighted by Crippen LogP contribution is 2.28. The molecule has 1 aliphatic heterocycles. The maximum Gasteiger partial charge on any atom is 0.270 e. The van der Waals surface area contributed by atoms with E-state index in [1.807, 2.05) is 0 Å². The summed E-state index contributed by atoms with van der Waals surface area (Å²) < 4.78 is 31.6. The summed E-state index contributed by atoms with van der Waals surface area (Å²) in [4.78, 5) is 1.73. The van der Waals surface area contributed by atoms with E-state index < -0.39 is 5.92 Å². The van der Waals surface area contributed by atoms with Crippen molar-refractivity contribution in [2.75, 3.05) is 13.7 Å². The highest BCUT2D eigenvalue weighted by Gasteiger charge is 2.27. The first kappa shape index (κ1) is 12.7. The van der Waals surface area contributed by atoms with Crippen LogP contribution in [0.3, 0.4) is 0 Å². The average molecular weight is 229 g/mol. The lowest BCUT2D eigenvalue weighted by atomic mass is 10.1. The number of halogens is 2. The molecule has 1 aliphatic rings. The van der Waals surface area contributed by atoms with Crippen molar-refractivity contribution < 1.29 is 13.5 Å². The first-order chi connectivity index (χ1) is 7.49. The molecule has 0 spiro atoms. The number of rotatable bonds is 3. The zero-order valence-corrected chi connectivity index (χ0v) is 9.67. The fourth-order valence-corrected chi connectivity index (χ4v) is 1.57. The van der Waals surface area contributed by atoms with Crippen LogP contribution in [0.25, 0.3) is 0 Å². The average Bonchev–Trinajstić information content (AvgIpc) is 2.16. The van der Waals surface area contributed by atoms with Crippen LogP contribution in [-0.2, 0) is 4.74 Å². The van der Waals surface area contributed by atoms with Crippen LogP contribution in [0.4, 0.5) is 8.78 Å². The van der Waals surface area contributed by atoms with Gasteiger partial charge in [-0.05, 0) is 19.0 Å². The Morgan fingerprint density at radius 1 is 1.56 bits per heavy atom. The number of hydrogen-bond donors (Lipinski definition) is 0. The third-order valence-electron chi connectivity index (χ3n) is 2.47. The molecule has 1 heterocycles. The summed E-state index contributed by atoms with van der Waals surface area (Å²) in [6, 6.07) is 0. The summed E-state index contributed by atoms with van der Waals surface area (Å²) >= 11 is 0. The minimum Gasteiger partial charge on any atom is -0.482 e. The minimum absolute atomic E-state index is 0.00380. The summed E-state index contributed by atoms with van der Waals surface area (Å²) in [5.74, 6) is -2.43. The molecule has 0 unspecified atom stereocenters. The van der Waals surface area contributed by atoms with Gasteiger partial charge in [0, 0.05) is 25.1 Å². The third-order valence-corrected chi connectivity index (χ3v) is 2.47. The van der Waals surface area contributed by atoms with Crippen LogP contribution >= 0.6 is 0 Å². The number of ether oxygens (including phenoxy) is 1. The predicted molar refractivity (Wildman–Crippen MR) is 59.9 cm³/mol. The molecule has 0 saturated heterocycles. The molecular formula is C12H17F2NO. The molecule has 16 heavy (non-hydrogen) atoms. The van der Waals surface area contributed by atoms with Gasteiger partial charge in [0.05, 0.1) is 7.11 Å².